The van der Waals surface area contributed by atoms with E-state index in [0.29, 0.717) is 28.9 Å². The van der Waals surface area contributed by atoms with Gasteiger partial charge in [0, 0.05) is 69.8 Å². The summed E-state index contributed by atoms with van der Waals surface area (Å²) in [5.41, 5.74) is 11.0. The molecule has 13 rings (SSSR count). The zero-order valence-electron chi connectivity index (χ0n) is 33.5. The second kappa shape index (κ2) is 14.1. The van der Waals surface area contributed by atoms with Crippen molar-refractivity contribution in [3.05, 3.63) is 194 Å². The fraction of sp³-hybridized carbons (Fsp3) is 0. The van der Waals surface area contributed by atoms with Gasteiger partial charge in [0.05, 0.1) is 11.0 Å². The number of aromatic nitrogens is 6. The van der Waals surface area contributed by atoms with Crippen LogP contribution in [0.5, 0.6) is 0 Å². The fourth-order valence-corrected chi connectivity index (χ4v) is 10.1. The van der Waals surface area contributed by atoms with Crippen molar-refractivity contribution in [1.29, 1.82) is 0 Å². The van der Waals surface area contributed by atoms with Gasteiger partial charge in [-0.05, 0) is 72.8 Å². The van der Waals surface area contributed by atoms with Gasteiger partial charge >= 0.3 is 0 Å². The van der Waals surface area contributed by atoms with Crippen LogP contribution in [0.3, 0.4) is 0 Å². The van der Waals surface area contributed by atoms with E-state index in [1.807, 2.05) is 66.7 Å². The Kier molecular flexibility index (Phi) is 7.94. The number of para-hydroxylation sites is 3. The predicted octanol–water partition coefficient (Wildman–Crippen LogP) is 14.4. The molecule has 0 bridgehead atoms. The Morgan fingerprint density at radius 1 is 0.397 bits per heavy atom. The summed E-state index contributed by atoms with van der Waals surface area (Å²) in [7, 11) is 0. The highest BCUT2D eigenvalue weighted by Gasteiger charge is 2.21. The largest absolute Gasteiger partial charge is 0.452 e. The lowest BCUT2D eigenvalue weighted by molar-refractivity contribution is 0.667. The molecular formula is C55H32N6OS. The van der Waals surface area contributed by atoms with E-state index in [-0.39, 0.29) is 0 Å². The van der Waals surface area contributed by atoms with Gasteiger partial charge in [-0.2, -0.15) is 0 Å². The highest BCUT2D eigenvalue weighted by Crippen LogP contribution is 2.43. The molecule has 5 heterocycles. The van der Waals surface area contributed by atoms with Crippen molar-refractivity contribution in [3.8, 4) is 62.5 Å². The molecule has 0 atom stereocenters. The van der Waals surface area contributed by atoms with Gasteiger partial charge in [0.2, 0.25) is 0 Å². The van der Waals surface area contributed by atoms with Gasteiger partial charge in [0.1, 0.15) is 16.8 Å². The van der Waals surface area contributed by atoms with Crippen LogP contribution in [-0.4, -0.2) is 29.5 Å². The number of hydrogen-bond acceptors (Lipinski definition) is 7. The summed E-state index contributed by atoms with van der Waals surface area (Å²) in [6, 6.07) is 66.9. The van der Waals surface area contributed by atoms with Crippen LogP contribution in [0, 0.1) is 0 Å². The Morgan fingerprint density at radius 3 is 1.70 bits per heavy atom. The second-order valence-corrected chi connectivity index (χ2v) is 16.7. The summed E-state index contributed by atoms with van der Waals surface area (Å²) >= 11 is 1.75. The average Bonchev–Trinajstić information content (AvgIpc) is 4.04. The van der Waals surface area contributed by atoms with E-state index in [1.54, 1.807) is 11.3 Å². The highest BCUT2D eigenvalue weighted by molar-refractivity contribution is 7.26. The molecule has 0 fully saturated rings. The van der Waals surface area contributed by atoms with Crippen molar-refractivity contribution >= 4 is 75.4 Å². The average molecular weight is 825 g/mol. The number of nitrogens with zero attached hydrogens (tertiary/aromatic N) is 6. The van der Waals surface area contributed by atoms with Crippen molar-refractivity contribution < 1.29 is 4.42 Å². The van der Waals surface area contributed by atoms with E-state index < -0.39 is 0 Å². The van der Waals surface area contributed by atoms with Crippen molar-refractivity contribution in [2.75, 3.05) is 0 Å². The van der Waals surface area contributed by atoms with Gasteiger partial charge in [-0.3, -0.25) is 0 Å². The first-order chi connectivity index (χ1) is 31.2. The van der Waals surface area contributed by atoms with Gasteiger partial charge < -0.3 is 8.98 Å². The maximum absolute atomic E-state index is 6.43. The monoisotopic (exact) mass is 824 g/mol. The summed E-state index contributed by atoms with van der Waals surface area (Å²) in [4.78, 5) is 25.9. The molecule has 0 aliphatic rings. The highest BCUT2D eigenvalue weighted by atomic mass is 32.1. The third kappa shape index (κ3) is 5.76. The lowest BCUT2D eigenvalue weighted by Gasteiger charge is -2.11. The molecule has 7 nitrogen and oxygen atoms in total. The second-order valence-electron chi connectivity index (χ2n) is 15.6. The third-order valence-corrected chi connectivity index (χ3v) is 13.0. The standard InChI is InChI=1S/C55H32N6OS/c1-3-14-33(15-4-1)49-51-50(40-20-9-12-24-45(40)62-51)57-55(56-49)41-21-13-25-47-48(41)42-32-36(28-31-46(42)63-47)54-59-52(34-16-5-2-6-17-34)58-53(60-54)35-26-29-37(30-27-35)61-43-22-10-7-18-38(43)39-19-8-11-23-44(39)61/h1-32H. The Hall–Kier alpha value is -8.33. The van der Waals surface area contributed by atoms with Crippen molar-refractivity contribution in [2.45, 2.75) is 0 Å². The molecule has 0 N–H and O–H groups in total. The lowest BCUT2D eigenvalue weighted by Crippen LogP contribution is -2.00. The van der Waals surface area contributed by atoms with Crippen LogP contribution >= 0.6 is 11.3 Å². The van der Waals surface area contributed by atoms with Crippen LogP contribution < -0.4 is 0 Å². The minimum absolute atomic E-state index is 0.595. The molecule has 0 radical (unpaired) electrons. The minimum Gasteiger partial charge on any atom is -0.452 e. The SMILES string of the molecule is c1ccc(-c2nc(-c3ccc(-n4c5ccccc5c5ccccc54)cc3)nc(-c3ccc4sc5cccc(-c6nc(-c7ccccc7)c7oc8ccccc8c7n6)c5c4c3)n2)cc1. The molecule has 0 aliphatic heterocycles. The van der Waals surface area contributed by atoms with Gasteiger partial charge in [-0.15, -0.1) is 11.3 Å². The quantitative estimate of drug-likeness (QED) is 0.166. The number of rotatable bonds is 6. The van der Waals surface area contributed by atoms with E-state index in [0.717, 1.165) is 75.9 Å². The Labute approximate surface area is 364 Å². The van der Waals surface area contributed by atoms with Gasteiger partial charge in [0.15, 0.2) is 28.9 Å². The van der Waals surface area contributed by atoms with E-state index in [1.165, 1.54) is 21.8 Å². The van der Waals surface area contributed by atoms with Crippen LogP contribution in [0.2, 0.25) is 0 Å². The van der Waals surface area contributed by atoms with Crippen LogP contribution in [0.1, 0.15) is 0 Å². The van der Waals surface area contributed by atoms with Crippen LogP contribution in [-0.2, 0) is 0 Å². The summed E-state index contributed by atoms with van der Waals surface area (Å²) in [5.74, 6) is 2.45. The van der Waals surface area contributed by atoms with Gasteiger partial charge in [-0.1, -0.05) is 121 Å². The van der Waals surface area contributed by atoms with Crippen LogP contribution in [0.4, 0.5) is 0 Å². The number of thiophene rings is 1. The first-order valence-corrected chi connectivity index (χ1v) is 21.6. The first kappa shape index (κ1) is 35.4. The molecule has 8 heteroatoms. The van der Waals surface area contributed by atoms with E-state index in [9.17, 15) is 0 Å². The fourth-order valence-electron chi connectivity index (χ4n) is 8.97. The summed E-state index contributed by atoms with van der Waals surface area (Å²) in [6.45, 7) is 0. The molecule has 0 saturated carbocycles. The van der Waals surface area contributed by atoms with E-state index in [2.05, 4.69) is 132 Å². The number of fused-ring (bicyclic) bond motifs is 9. The maximum Gasteiger partial charge on any atom is 0.180 e. The molecule has 0 saturated heterocycles. The Bertz CT molecular complexity index is 3860. The predicted molar refractivity (Wildman–Crippen MR) is 257 cm³/mol. The van der Waals surface area contributed by atoms with Gasteiger partial charge in [0.25, 0.3) is 0 Å². The number of furan rings is 1. The number of hydrogen-bond donors (Lipinski definition) is 0. The summed E-state index contributed by atoms with van der Waals surface area (Å²) in [5, 5.41) is 5.59. The molecule has 294 valence electrons. The molecular weight excluding hydrogens is 793 g/mol. The molecule has 5 aromatic heterocycles. The Balaban J connectivity index is 0.968. The van der Waals surface area contributed by atoms with Crippen molar-refractivity contribution in [1.82, 2.24) is 29.5 Å². The maximum atomic E-state index is 6.43. The molecule has 0 aliphatic carbocycles. The minimum atomic E-state index is 0.595. The van der Waals surface area contributed by atoms with E-state index >= 15 is 0 Å². The summed E-state index contributed by atoms with van der Waals surface area (Å²) in [6.07, 6.45) is 0. The van der Waals surface area contributed by atoms with Crippen molar-refractivity contribution in [2.24, 2.45) is 0 Å². The topological polar surface area (TPSA) is 82.5 Å². The number of benzene rings is 8. The molecule has 0 amide bonds. The normalized spacial score (nSPS) is 11.8. The van der Waals surface area contributed by atoms with E-state index in [4.69, 9.17) is 29.3 Å². The zero-order chi connectivity index (χ0) is 41.4. The zero-order valence-corrected chi connectivity index (χ0v) is 34.3. The molecule has 63 heavy (non-hydrogen) atoms. The van der Waals surface area contributed by atoms with Gasteiger partial charge in [-0.25, -0.2) is 24.9 Å². The molecule has 0 unspecified atom stereocenters. The molecule has 13 aromatic rings. The van der Waals surface area contributed by atoms with Crippen LogP contribution in [0.25, 0.3) is 127 Å². The van der Waals surface area contributed by atoms with Crippen molar-refractivity contribution in [3.63, 3.8) is 0 Å². The summed E-state index contributed by atoms with van der Waals surface area (Å²) < 4.78 is 11.0. The molecule has 0 spiro atoms. The Morgan fingerprint density at radius 2 is 0.984 bits per heavy atom. The lowest BCUT2D eigenvalue weighted by atomic mass is 10.0. The smallest absolute Gasteiger partial charge is 0.180 e. The first-order valence-electron chi connectivity index (χ1n) is 20.8. The van der Waals surface area contributed by atoms with Crippen LogP contribution in [0.15, 0.2) is 199 Å². The molecule has 8 aromatic carbocycles. The third-order valence-electron chi connectivity index (χ3n) is 11.9.